The third-order valence-electron chi connectivity index (χ3n) is 4.24. The van der Waals surface area contributed by atoms with Gasteiger partial charge in [-0.15, -0.1) is 10.2 Å². The fourth-order valence-electron chi connectivity index (χ4n) is 2.82. The Kier molecular flexibility index (Phi) is 7.71. The molecule has 3 aromatic rings. The lowest BCUT2D eigenvalue weighted by Gasteiger charge is -2.15. The molecule has 1 N–H and O–H groups in total. The number of hydrogen-bond donors (Lipinski definition) is 1. The van der Waals surface area contributed by atoms with E-state index in [0.29, 0.717) is 12.2 Å². The molecule has 0 aliphatic carbocycles. The normalized spacial score (nSPS) is 11.8. The lowest BCUT2D eigenvalue weighted by atomic mass is 10.2. The first kappa shape index (κ1) is 21.4. The number of nitrogens with zero attached hydrogens (tertiary/aromatic N) is 3. The van der Waals surface area contributed by atoms with Gasteiger partial charge in [-0.3, -0.25) is 4.79 Å². The summed E-state index contributed by atoms with van der Waals surface area (Å²) in [7, 11) is 0. The Balaban J connectivity index is 1.59. The smallest absolute Gasteiger partial charge is 0.253 e. The fraction of sp³-hybridized carbons (Fsp3) is 0.286. The maximum Gasteiger partial charge on any atom is 0.253 e. The molecule has 6 nitrogen and oxygen atoms in total. The molecule has 0 fully saturated rings. The van der Waals surface area contributed by atoms with E-state index in [1.54, 1.807) is 17.8 Å². The summed E-state index contributed by atoms with van der Waals surface area (Å²) in [5.41, 5.74) is 0.592. The highest BCUT2D eigenvalue weighted by atomic mass is 79.9. The second kappa shape index (κ2) is 10.5. The molecule has 0 radical (unpaired) electrons. The Hall–Kier alpha value is -2.32. The van der Waals surface area contributed by atoms with E-state index in [1.807, 2.05) is 66.9 Å². The van der Waals surface area contributed by atoms with Crippen LogP contribution >= 0.6 is 27.7 Å². The van der Waals surface area contributed by atoms with Gasteiger partial charge in [0.1, 0.15) is 5.75 Å². The quantitative estimate of drug-likeness (QED) is 0.358. The van der Waals surface area contributed by atoms with Gasteiger partial charge in [-0.25, -0.2) is 0 Å². The standard InChI is InChI=1S/C21H23BrN4O2S/c1-3-26-19(15(2)23-20(27)17-11-7-8-12-18(17)22)24-25-21(26)29-14-13-28-16-9-5-4-6-10-16/h4-12,15H,3,13-14H2,1-2H3,(H,23,27). The minimum atomic E-state index is -0.267. The van der Waals surface area contributed by atoms with Crippen molar-refractivity contribution in [3.63, 3.8) is 0 Å². The first-order valence-electron chi connectivity index (χ1n) is 9.39. The van der Waals surface area contributed by atoms with Crippen LogP contribution in [0, 0.1) is 0 Å². The van der Waals surface area contributed by atoms with Crippen molar-refractivity contribution in [2.45, 2.75) is 31.6 Å². The van der Waals surface area contributed by atoms with E-state index in [0.717, 1.165) is 33.5 Å². The van der Waals surface area contributed by atoms with Gasteiger partial charge in [0.25, 0.3) is 5.91 Å². The zero-order valence-electron chi connectivity index (χ0n) is 16.3. The number of carbonyl (C=O) groups is 1. The average molecular weight is 475 g/mol. The van der Waals surface area contributed by atoms with E-state index >= 15 is 0 Å². The number of carbonyl (C=O) groups excluding carboxylic acids is 1. The Morgan fingerprint density at radius 2 is 1.90 bits per heavy atom. The molecular weight excluding hydrogens is 452 g/mol. The summed E-state index contributed by atoms with van der Waals surface area (Å²) >= 11 is 5.01. The number of para-hydroxylation sites is 1. The second-order valence-electron chi connectivity index (χ2n) is 6.27. The lowest BCUT2D eigenvalue weighted by Crippen LogP contribution is -2.29. The van der Waals surface area contributed by atoms with Crippen LogP contribution in [0.2, 0.25) is 0 Å². The fourth-order valence-corrected chi connectivity index (χ4v) is 4.11. The molecule has 29 heavy (non-hydrogen) atoms. The van der Waals surface area contributed by atoms with Crippen molar-refractivity contribution < 1.29 is 9.53 Å². The second-order valence-corrected chi connectivity index (χ2v) is 8.19. The van der Waals surface area contributed by atoms with Gasteiger partial charge in [0.2, 0.25) is 0 Å². The molecule has 1 unspecified atom stereocenters. The number of nitrogens with one attached hydrogen (secondary N) is 1. The summed E-state index contributed by atoms with van der Waals surface area (Å²) in [5.74, 6) is 2.19. The van der Waals surface area contributed by atoms with Gasteiger partial charge in [0, 0.05) is 16.8 Å². The van der Waals surface area contributed by atoms with Crippen LogP contribution in [0.1, 0.15) is 36.1 Å². The molecule has 1 atom stereocenters. The molecule has 8 heteroatoms. The Morgan fingerprint density at radius 3 is 2.62 bits per heavy atom. The summed E-state index contributed by atoms with van der Waals surface area (Å²) < 4.78 is 8.52. The van der Waals surface area contributed by atoms with E-state index in [4.69, 9.17) is 4.74 Å². The van der Waals surface area contributed by atoms with Crippen molar-refractivity contribution in [2.75, 3.05) is 12.4 Å². The zero-order valence-corrected chi connectivity index (χ0v) is 18.7. The Bertz CT molecular complexity index is 949. The summed E-state index contributed by atoms with van der Waals surface area (Å²) in [4.78, 5) is 12.6. The van der Waals surface area contributed by atoms with Crippen molar-refractivity contribution in [1.82, 2.24) is 20.1 Å². The van der Waals surface area contributed by atoms with Gasteiger partial charge in [-0.05, 0) is 54.0 Å². The van der Waals surface area contributed by atoms with E-state index in [2.05, 4.69) is 31.4 Å². The molecule has 3 rings (SSSR count). The molecule has 0 saturated carbocycles. The van der Waals surface area contributed by atoms with Crippen LogP contribution < -0.4 is 10.1 Å². The van der Waals surface area contributed by atoms with E-state index in [9.17, 15) is 4.79 Å². The number of rotatable bonds is 9. The van der Waals surface area contributed by atoms with Crippen LogP contribution in [0.25, 0.3) is 0 Å². The number of halogens is 1. The first-order chi connectivity index (χ1) is 14.1. The van der Waals surface area contributed by atoms with Crippen LogP contribution in [0.15, 0.2) is 64.2 Å². The molecule has 1 heterocycles. The third kappa shape index (κ3) is 5.61. The van der Waals surface area contributed by atoms with Crippen molar-refractivity contribution >= 4 is 33.6 Å². The predicted octanol–water partition coefficient (Wildman–Crippen LogP) is 4.72. The summed E-state index contributed by atoms with van der Waals surface area (Å²) in [6.07, 6.45) is 0. The number of aromatic nitrogens is 3. The molecule has 1 aromatic heterocycles. The molecular formula is C21H23BrN4O2S. The van der Waals surface area contributed by atoms with Crippen LogP contribution in [0.5, 0.6) is 5.75 Å². The number of thioether (sulfide) groups is 1. The van der Waals surface area contributed by atoms with Crippen LogP contribution in [0.3, 0.4) is 0 Å². The number of amides is 1. The molecule has 0 aliphatic rings. The summed E-state index contributed by atoms with van der Waals surface area (Å²) in [5, 5.41) is 12.5. The maximum absolute atomic E-state index is 12.6. The molecule has 0 aliphatic heterocycles. The van der Waals surface area contributed by atoms with Crippen LogP contribution in [-0.2, 0) is 6.54 Å². The van der Waals surface area contributed by atoms with Crippen molar-refractivity contribution in [2.24, 2.45) is 0 Å². The van der Waals surface area contributed by atoms with Gasteiger partial charge in [0.15, 0.2) is 11.0 Å². The largest absolute Gasteiger partial charge is 0.493 e. The molecule has 0 spiro atoms. The Labute approximate surface area is 183 Å². The zero-order chi connectivity index (χ0) is 20.6. The van der Waals surface area contributed by atoms with Gasteiger partial charge >= 0.3 is 0 Å². The van der Waals surface area contributed by atoms with Gasteiger partial charge in [-0.1, -0.05) is 42.1 Å². The van der Waals surface area contributed by atoms with Gasteiger partial charge in [0.05, 0.1) is 18.2 Å². The first-order valence-corrected chi connectivity index (χ1v) is 11.2. The van der Waals surface area contributed by atoms with E-state index in [-0.39, 0.29) is 11.9 Å². The van der Waals surface area contributed by atoms with E-state index in [1.165, 1.54) is 0 Å². The predicted molar refractivity (Wildman–Crippen MR) is 118 cm³/mol. The topological polar surface area (TPSA) is 69.0 Å². The van der Waals surface area contributed by atoms with Crippen molar-refractivity contribution in [3.8, 4) is 5.75 Å². The van der Waals surface area contributed by atoms with Gasteiger partial charge < -0.3 is 14.6 Å². The van der Waals surface area contributed by atoms with Crippen LogP contribution in [0.4, 0.5) is 0 Å². The van der Waals surface area contributed by atoms with Crippen molar-refractivity contribution in [3.05, 3.63) is 70.5 Å². The highest BCUT2D eigenvalue weighted by Gasteiger charge is 2.20. The molecule has 2 aromatic carbocycles. The summed E-state index contributed by atoms with van der Waals surface area (Å²) in [6.45, 7) is 5.26. The minimum absolute atomic E-state index is 0.152. The third-order valence-corrected chi connectivity index (χ3v) is 5.86. The average Bonchev–Trinajstić information content (AvgIpc) is 3.15. The lowest BCUT2D eigenvalue weighted by molar-refractivity contribution is 0.0936. The summed E-state index contributed by atoms with van der Waals surface area (Å²) in [6, 6.07) is 16.8. The number of ether oxygens (including phenoxy) is 1. The SMILES string of the molecule is CCn1c(SCCOc2ccccc2)nnc1C(C)NC(=O)c1ccccc1Br. The highest BCUT2D eigenvalue weighted by molar-refractivity contribution is 9.10. The van der Waals surface area contributed by atoms with Crippen molar-refractivity contribution in [1.29, 1.82) is 0 Å². The number of hydrogen-bond acceptors (Lipinski definition) is 5. The number of benzene rings is 2. The molecule has 0 bridgehead atoms. The molecule has 1 amide bonds. The molecule has 152 valence electrons. The van der Waals surface area contributed by atoms with E-state index < -0.39 is 0 Å². The minimum Gasteiger partial charge on any atom is -0.493 e. The molecule has 0 saturated heterocycles. The maximum atomic E-state index is 12.6. The highest BCUT2D eigenvalue weighted by Crippen LogP contribution is 2.22. The monoisotopic (exact) mass is 474 g/mol. The van der Waals surface area contributed by atoms with Crippen LogP contribution in [-0.4, -0.2) is 33.0 Å². The van der Waals surface area contributed by atoms with Gasteiger partial charge in [-0.2, -0.15) is 0 Å². The Morgan fingerprint density at radius 1 is 1.17 bits per heavy atom.